The maximum Gasteiger partial charge on any atom is 0.127 e. The van der Waals surface area contributed by atoms with Gasteiger partial charge < -0.3 is 9.80 Å². The van der Waals surface area contributed by atoms with Gasteiger partial charge in [0.2, 0.25) is 0 Å². The van der Waals surface area contributed by atoms with Crippen molar-refractivity contribution in [3.63, 3.8) is 0 Å². The topological polar surface area (TPSA) is 6.48 Å². The van der Waals surface area contributed by atoms with Crippen LogP contribution in [-0.4, -0.2) is 0 Å². The molecule has 0 heterocycles. The molecule has 7 aromatic carbocycles. The van der Waals surface area contributed by atoms with Gasteiger partial charge in [-0.15, -0.1) is 0 Å². The van der Waals surface area contributed by atoms with E-state index in [-0.39, 0.29) is 5.82 Å². The molecule has 0 atom stereocenters. The van der Waals surface area contributed by atoms with E-state index in [9.17, 15) is 0 Å². The van der Waals surface area contributed by atoms with Gasteiger partial charge in [0, 0.05) is 22.5 Å². The van der Waals surface area contributed by atoms with E-state index in [0.29, 0.717) is 0 Å². The van der Waals surface area contributed by atoms with E-state index >= 15 is 4.39 Å². The van der Waals surface area contributed by atoms with Crippen molar-refractivity contribution in [3.05, 3.63) is 194 Å². The molecule has 0 saturated carbocycles. The van der Waals surface area contributed by atoms with Gasteiger partial charge >= 0.3 is 0 Å². The van der Waals surface area contributed by atoms with Crippen LogP contribution in [0.5, 0.6) is 0 Å². The number of halogens is 1. The summed E-state index contributed by atoms with van der Waals surface area (Å²) in [5.41, 5.74) is 9.54. The summed E-state index contributed by atoms with van der Waals surface area (Å²) in [6, 6.07) is 62.8. The van der Waals surface area contributed by atoms with Crippen LogP contribution < -0.4 is 9.80 Å². The number of anilines is 6. The summed E-state index contributed by atoms with van der Waals surface area (Å²) in [4.78, 5) is 4.28. The van der Waals surface area contributed by atoms with Crippen LogP contribution in [0.25, 0.3) is 22.3 Å². The molecule has 0 aliphatic heterocycles. The van der Waals surface area contributed by atoms with Crippen LogP contribution >= 0.6 is 0 Å². The summed E-state index contributed by atoms with van der Waals surface area (Å²) < 4.78 is 16.0. The lowest BCUT2D eigenvalue weighted by molar-refractivity contribution is 0.628. The zero-order valence-corrected chi connectivity index (χ0v) is 24.7. The standard InChI is InChI=1S/C42H31FN2/c43-34-29-37(44(35-21-9-3-10-22-35)41-27-15-13-25-39(41)32-17-5-1-6-18-32)31-38(30-34)45(36-23-11-4-12-24-36)42-28-16-14-26-40(42)33-19-7-2-8-20-33/h1-31H. The lowest BCUT2D eigenvalue weighted by Crippen LogP contribution is -2.15. The molecule has 0 N–H and O–H groups in total. The number of para-hydroxylation sites is 4. The van der Waals surface area contributed by atoms with Crippen molar-refractivity contribution in [1.82, 2.24) is 0 Å². The fraction of sp³-hybridized carbons (Fsp3) is 0. The summed E-state index contributed by atoms with van der Waals surface area (Å²) in [7, 11) is 0. The summed E-state index contributed by atoms with van der Waals surface area (Å²) in [5.74, 6) is -0.321. The monoisotopic (exact) mass is 582 g/mol. The lowest BCUT2D eigenvalue weighted by atomic mass is 10.0. The van der Waals surface area contributed by atoms with Gasteiger partial charge in [-0.1, -0.05) is 133 Å². The molecule has 45 heavy (non-hydrogen) atoms. The van der Waals surface area contributed by atoms with Crippen molar-refractivity contribution in [2.75, 3.05) is 9.80 Å². The van der Waals surface area contributed by atoms with Crippen molar-refractivity contribution in [2.45, 2.75) is 0 Å². The van der Waals surface area contributed by atoms with Gasteiger partial charge in [-0.2, -0.15) is 0 Å². The SMILES string of the molecule is Fc1cc(N(c2ccccc2)c2ccccc2-c2ccccc2)cc(N(c2ccccc2)c2ccccc2-c2ccccc2)c1. The smallest absolute Gasteiger partial charge is 0.127 e. The minimum atomic E-state index is -0.321. The normalized spacial score (nSPS) is 10.8. The Labute approximate surface area is 263 Å². The Bertz CT molecular complexity index is 1860. The van der Waals surface area contributed by atoms with Crippen LogP contribution in [0, 0.1) is 5.82 Å². The van der Waals surface area contributed by atoms with Gasteiger partial charge in [-0.05, 0) is 65.7 Å². The number of hydrogen-bond acceptors (Lipinski definition) is 2. The minimum Gasteiger partial charge on any atom is -0.310 e. The molecule has 0 radical (unpaired) electrons. The molecule has 0 bridgehead atoms. The Kier molecular flexibility index (Phi) is 7.89. The second kappa shape index (κ2) is 12.7. The molecule has 3 heteroatoms. The zero-order chi connectivity index (χ0) is 30.4. The van der Waals surface area contributed by atoms with Crippen LogP contribution in [0.15, 0.2) is 188 Å². The van der Waals surface area contributed by atoms with Gasteiger partial charge in [0.1, 0.15) is 5.82 Å². The van der Waals surface area contributed by atoms with Crippen molar-refractivity contribution < 1.29 is 4.39 Å². The van der Waals surface area contributed by atoms with Crippen molar-refractivity contribution >= 4 is 34.1 Å². The van der Waals surface area contributed by atoms with Crippen molar-refractivity contribution in [2.24, 2.45) is 0 Å². The Morgan fingerprint density at radius 2 is 0.644 bits per heavy atom. The number of nitrogens with zero attached hydrogens (tertiary/aromatic N) is 2. The summed E-state index contributed by atoms with van der Waals surface area (Å²) in [6.45, 7) is 0. The van der Waals surface area contributed by atoms with E-state index in [1.54, 1.807) is 12.1 Å². The highest BCUT2D eigenvalue weighted by molar-refractivity contribution is 5.92. The maximum atomic E-state index is 16.0. The van der Waals surface area contributed by atoms with E-state index in [2.05, 4.69) is 88.7 Å². The second-order valence-corrected chi connectivity index (χ2v) is 10.8. The average molecular weight is 583 g/mol. The fourth-order valence-corrected chi connectivity index (χ4v) is 5.89. The Balaban J connectivity index is 1.45. The van der Waals surface area contributed by atoms with Crippen LogP contribution in [0.3, 0.4) is 0 Å². The van der Waals surface area contributed by atoms with Gasteiger partial charge in [-0.3, -0.25) is 0 Å². The average Bonchev–Trinajstić information content (AvgIpc) is 3.11. The summed E-state index contributed by atoms with van der Waals surface area (Å²) >= 11 is 0. The summed E-state index contributed by atoms with van der Waals surface area (Å²) in [6.07, 6.45) is 0. The first-order valence-electron chi connectivity index (χ1n) is 15.1. The first kappa shape index (κ1) is 27.9. The molecule has 216 valence electrons. The van der Waals surface area contributed by atoms with Crippen LogP contribution in [-0.2, 0) is 0 Å². The molecule has 0 amide bonds. The van der Waals surface area contributed by atoms with E-state index in [0.717, 1.165) is 56.4 Å². The molecule has 0 aromatic heterocycles. The highest BCUT2D eigenvalue weighted by Gasteiger charge is 2.22. The minimum absolute atomic E-state index is 0.321. The molecule has 0 aliphatic rings. The molecule has 7 aromatic rings. The molecule has 0 fully saturated rings. The third kappa shape index (κ3) is 5.84. The first-order chi connectivity index (χ1) is 22.3. The zero-order valence-electron chi connectivity index (χ0n) is 24.7. The summed E-state index contributed by atoms with van der Waals surface area (Å²) in [5, 5.41) is 0. The molecular weight excluding hydrogens is 551 g/mol. The van der Waals surface area contributed by atoms with Gasteiger partial charge in [-0.25, -0.2) is 4.39 Å². The van der Waals surface area contributed by atoms with Gasteiger partial charge in [0.15, 0.2) is 0 Å². The third-order valence-corrected chi connectivity index (χ3v) is 7.87. The first-order valence-corrected chi connectivity index (χ1v) is 15.1. The van der Waals surface area contributed by atoms with E-state index in [1.165, 1.54) is 0 Å². The predicted octanol–water partition coefficient (Wildman–Crippen LogP) is 12.1. The lowest BCUT2D eigenvalue weighted by Gasteiger charge is -2.31. The highest BCUT2D eigenvalue weighted by atomic mass is 19.1. The number of benzene rings is 7. The van der Waals surface area contributed by atoms with Crippen molar-refractivity contribution in [1.29, 1.82) is 0 Å². The number of hydrogen-bond donors (Lipinski definition) is 0. The highest BCUT2D eigenvalue weighted by Crippen LogP contribution is 2.45. The van der Waals surface area contributed by atoms with Crippen LogP contribution in [0.1, 0.15) is 0 Å². The Morgan fingerprint density at radius 3 is 1.04 bits per heavy atom. The van der Waals surface area contributed by atoms with Crippen LogP contribution in [0.4, 0.5) is 38.5 Å². The van der Waals surface area contributed by atoms with E-state index < -0.39 is 0 Å². The maximum absolute atomic E-state index is 16.0. The quantitative estimate of drug-likeness (QED) is 0.176. The Hall–Kier alpha value is -5.93. The van der Waals surface area contributed by atoms with E-state index in [4.69, 9.17) is 0 Å². The molecular formula is C42H31FN2. The number of rotatable bonds is 8. The van der Waals surface area contributed by atoms with Crippen LogP contribution in [0.2, 0.25) is 0 Å². The predicted molar refractivity (Wildman–Crippen MR) is 187 cm³/mol. The fourth-order valence-electron chi connectivity index (χ4n) is 5.89. The molecule has 2 nitrogen and oxygen atoms in total. The third-order valence-electron chi connectivity index (χ3n) is 7.87. The molecule has 0 spiro atoms. The second-order valence-electron chi connectivity index (χ2n) is 10.8. The van der Waals surface area contributed by atoms with E-state index in [1.807, 2.05) is 97.1 Å². The molecule has 0 saturated heterocycles. The molecule has 0 unspecified atom stereocenters. The Morgan fingerprint density at radius 1 is 0.311 bits per heavy atom. The van der Waals surface area contributed by atoms with Crippen molar-refractivity contribution in [3.8, 4) is 22.3 Å². The molecule has 0 aliphatic carbocycles. The molecule has 7 rings (SSSR count). The van der Waals surface area contributed by atoms with Gasteiger partial charge in [0.05, 0.1) is 22.7 Å². The largest absolute Gasteiger partial charge is 0.310 e. The van der Waals surface area contributed by atoms with Gasteiger partial charge in [0.25, 0.3) is 0 Å².